The Morgan fingerprint density at radius 2 is 1.73 bits per heavy atom. The van der Waals surface area contributed by atoms with Crippen LogP contribution in [0.2, 0.25) is 0 Å². The molecule has 3 aromatic carbocycles. The molecule has 2 N–H and O–H groups in total. The van der Waals surface area contributed by atoms with E-state index in [4.69, 9.17) is 4.74 Å². The highest BCUT2D eigenvalue weighted by Gasteiger charge is 2.52. The van der Waals surface area contributed by atoms with E-state index < -0.39 is 22.8 Å². The summed E-state index contributed by atoms with van der Waals surface area (Å²) < 4.78 is 17.8. The molecule has 3 aliphatic rings. The average Bonchev–Trinajstić information content (AvgIpc) is 2.93. The molecule has 3 heterocycles. The first-order chi connectivity index (χ1) is 18.0. The lowest BCUT2D eigenvalue weighted by molar-refractivity contribution is -0.152. The smallest absolute Gasteiger partial charge is 0.320 e. The Hall–Kier alpha value is -3.00. The summed E-state index contributed by atoms with van der Waals surface area (Å²) >= 11 is 0. The third-order valence-corrected chi connectivity index (χ3v) is 8.92. The molecule has 0 saturated carbocycles. The summed E-state index contributed by atoms with van der Waals surface area (Å²) in [5.74, 6) is 0.264. The van der Waals surface area contributed by atoms with Crippen LogP contribution in [0.3, 0.4) is 0 Å². The lowest BCUT2D eigenvalue weighted by atomic mass is 9.68. The van der Waals surface area contributed by atoms with E-state index >= 15 is 0 Å². The molecule has 0 aromatic heterocycles. The normalized spacial score (nSPS) is 25.6. The summed E-state index contributed by atoms with van der Waals surface area (Å²) in [4.78, 5) is 15.3. The average molecular weight is 519 g/mol. The predicted octanol–water partition coefficient (Wildman–Crippen LogP) is 4.27. The molecule has 37 heavy (non-hydrogen) atoms. The minimum Gasteiger partial charge on any atom is -0.496 e. The number of hydrogen-bond acceptors (Lipinski definition) is 5. The van der Waals surface area contributed by atoms with E-state index in [-0.39, 0.29) is 23.9 Å². The van der Waals surface area contributed by atoms with Gasteiger partial charge in [-0.05, 0) is 54.6 Å². The number of carboxylic acid groups (broad SMARTS) is 1. The molecular weight excluding hydrogens is 484 g/mol. The van der Waals surface area contributed by atoms with Crippen LogP contribution in [0.1, 0.15) is 35.4 Å². The summed E-state index contributed by atoms with van der Waals surface area (Å²) in [7, 11) is 0.559. The highest BCUT2D eigenvalue weighted by atomic mass is 32.2. The number of methoxy groups -OCH3 is 1. The number of nitrogens with one attached hydrogen (secondary N) is 1. The molecular formula is C30H34N2O4S. The number of benzene rings is 3. The first-order valence-corrected chi connectivity index (χ1v) is 14.4. The summed E-state index contributed by atoms with van der Waals surface area (Å²) in [5, 5.41) is 14.0. The van der Waals surface area contributed by atoms with Crippen LogP contribution in [0.4, 0.5) is 0 Å². The van der Waals surface area contributed by atoms with E-state index in [1.807, 2.05) is 30.3 Å². The first kappa shape index (κ1) is 25.6. The number of carbonyl (C=O) groups is 1. The molecule has 0 spiro atoms. The minimum absolute atomic E-state index is 0.0150. The zero-order chi connectivity index (χ0) is 25.9. The maximum absolute atomic E-state index is 12.3. The zero-order valence-corrected chi connectivity index (χ0v) is 22.1. The molecule has 6 nitrogen and oxygen atoms in total. The van der Waals surface area contributed by atoms with Gasteiger partial charge >= 0.3 is 5.97 Å². The molecule has 0 aliphatic carbocycles. The second-order valence-electron chi connectivity index (χ2n) is 10.0. The fourth-order valence-electron chi connectivity index (χ4n) is 6.32. The molecule has 3 fully saturated rings. The third-order valence-electron chi connectivity index (χ3n) is 8.00. The third kappa shape index (κ3) is 5.21. The predicted molar refractivity (Wildman–Crippen MR) is 145 cm³/mol. The van der Waals surface area contributed by atoms with E-state index in [0.717, 1.165) is 29.2 Å². The number of nitrogens with zero attached hydrogens (tertiary/aromatic N) is 1. The monoisotopic (exact) mass is 518 g/mol. The van der Waals surface area contributed by atoms with Crippen molar-refractivity contribution >= 4 is 16.8 Å². The summed E-state index contributed by atoms with van der Waals surface area (Å²) in [6.07, 6.45) is 3.28. The number of hydrogen-bond donors (Lipinski definition) is 2. The quantitative estimate of drug-likeness (QED) is 0.441. The molecule has 0 radical (unpaired) electrons. The van der Waals surface area contributed by atoms with Gasteiger partial charge in [-0.1, -0.05) is 60.7 Å². The SMILES string of the molecule is COc1ccc(S(C)=O)cc1CN[C@H]1[C@H]2CCN([C@H](C(=O)O)C2)[C@H]1C(c1ccccc1)c1ccccc1. The van der Waals surface area contributed by atoms with Gasteiger partial charge in [-0.15, -0.1) is 0 Å². The second-order valence-corrected chi connectivity index (χ2v) is 11.4. The second kappa shape index (κ2) is 11.2. The molecule has 2 unspecified atom stereocenters. The maximum atomic E-state index is 12.3. The molecule has 7 heteroatoms. The number of piperidine rings is 3. The van der Waals surface area contributed by atoms with Gasteiger partial charge in [0.05, 0.1) is 7.11 Å². The van der Waals surface area contributed by atoms with Gasteiger partial charge in [0.2, 0.25) is 0 Å². The van der Waals surface area contributed by atoms with Crippen molar-refractivity contribution in [2.75, 3.05) is 19.9 Å². The molecule has 3 aliphatic heterocycles. The van der Waals surface area contributed by atoms with Crippen LogP contribution in [0.25, 0.3) is 0 Å². The Labute approximate surface area is 221 Å². The minimum atomic E-state index is -1.09. The van der Waals surface area contributed by atoms with Crippen LogP contribution in [-0.2, 0) is 22.1 Å². The van der Waals surface area contributed by atoms with Crippen LogP contribution >= 0.6 is 0 Å². The standard InChI is InChI=1S/C30H34N2O4S/c1-36-26-14-13-24(37(2)35)17-23(26)19-31-28-22-15-16-32(25(18-22)30(33)34)29(28)27(20-9-5-3-6-10-20)21-11-7-4-8-12-21/h3-14,17,22,25,27-29,31H,15-16,18-19H2,1-2H3,(H,33,34)/t22-,25-,28-,29-,37?/m0/s1. The van der Waals surface area contributed by atoms with Crippen molar-refractivity contribution in [3.63, 3.8) is 0 Å². The van der Waals surface area contributed by atoms with Crippen LogP contribution in [0.15, 0.2) is 83.8 Å². The van der Waals surface area contributed by atoms with E-state index in [1.165, 1.54) is 11.1 Å². The van der Waals surface area contributed by atoms with Crippen molar-refractivity contribution in [1.29, 1.82) is 0 Å². The van der Waals surface area contributed by atoms with Crippen molar-refractivity contribution < 1.29 is 18.8 Å². The maximum Gasteiger partial charge on any atom is 0.320 e. The molecule has 3 saturated heterocycles. The lowest BCUT2D eigenvalue weighted by Crippen LogP contribution is -2.69. The molecule has 0 amide bonds. The van der Waals surface area contributed by atoms with Crippen molar-refractivity contribution in [1.82, 2.24) is 10.2 Å². The van der Waals surface area contributed by atoms with Crippen LogP contribution in [-0.4, -0.2) is 58.2 Å². The van der Waals surface area contributed by atoms with Gasteiger partial charge in [0.1, 0.15) is 11.8 Å². The number of carboxylic acids is 1. The lowest BCUT2D eigenvalue weighted by Gasteiger charge is -2.56. The fraction of sp³-hybridized carbons (Fsp3) is 0.367. The topological polar surface area (TPSA) is 78.9 Å². The van der Waals surface area contributed by atoms with Gasteiger partial charge in [-0.25, -0.2) is 0 Å². The van der Waals surface area contributed by atoms with Crippen molar-refractivity contribution in [3.05, 3.63) is 95.6 Å². The highest BCUT2D eigenvalue weighted by Crippen LogP contribution is 2.44. The summed E-state index contributed by atoms with van der Waals surface area (Å²) in [6.45, 7) is 1.32. The molecule has 6 atom stereocenters. The number of rotatable bonds is 9. The Morgan fingerprint density at radius 3 is 2.30 bits per heavy atom. The van der Waals surface area contributed by atoms with Gasteiger partial charge in [0.25, 0.3) is 0 Å². The van der Waals surface area contributed by atoms with Crippen molar-refractivity contribution in [3.8, 4) is 5.75 Å². The molecule has 2 bridgehead atoms. The van der Waals surface area contributed by atoms with Gasteiger partial charge in [0.15, 0.2) is 0 Å². The van der Waals surface area contributed by atoms with Crippen molar-refractivity contribution in [2.24, 2.45) is 5.92 Å². The van der Waals surface area contributed by atoms with Gasteiger partial charge < -0.3 is 15.2 Å². The van der Waals surface area contributed by atoms with Crippen LogP contribution < -0.4 is 10.1 Å². The Balaban J connectivity index is 1.55. The van der Waals surface area contributed by atoms with Gasteiger partial charge in [-0.2, -0.15) is 0 Å². The first-order valence-electron chi connectivity index (χ1n) is 12.8. The van der Waals surface area contributed by atoms with Gasteiger partial charge in [-0.3, -0.25) is 13.9 Å². The van der Waals surface area contributed by atoms with Crippen LogP contribution in [0.5, 0.6) is 5.75 Å². The fourth-order valence-corrected chi connectivity index (χ4v) is 6.88. The largest absolute Gasteiger partial charge is 0.496 e. The zero-order valence-electron chi connectivity index (χ0n) is 21.2. The summed E-state index contributed by atoms with van der Waals surface area (Å²) in [5.41, 5.74) is 3.32. The molecule has 194 valence electrons. The van der Waals surface area contributed by atoms with Crippen LogP contribution in [0, 0.1) is 5.92 Å². The van der Waals surface area contributed by atoms with E-state index in [9.17, 15) is 14.1 Å². The molecule has 3 aromatic rings. The van der Waals surface area contributed by atoms with E-state index in [1.54, 1.807) is 13.4 Å². The number of aliphatic carboxylic acids is 1. The number of fused-ring (bicyclic) bond motifs is 3. The summed E-state index contributed by atoms with van der Waals surface area (Å²) in [6, 6.07) is 26.1. The van der Waals surface area contributed by atoms with E-state index in [0.29, 0.717) is 13.0 Å². The highest BCUT2D eigenvalue weighted by molar-refractivity contribution is 7.84. The van der Waals surface area contributed by atoms with E-state index in [2.05, 4.69) is 58.7 Å². The Morgan fingerprint density at radius 1 is 1.08 bits per heavy atom. The Bertz CT molecular complexity index is 1210. The van der Waals surface area contributed by atoms with Crippen molar-refractivity contribution in [2.45, 2.75) is 48.3 Å². The molecule has 6 rings (SSSR count). The Kier molecular flexibility index (Phi) is 7.74. The number of ether oxygens (including phenoxy) is 1. The van der Waals surface area contributed by atoms with Gasteiger partial charge in [0, 0.05) is 52.1 Å².